The number of hydrogen-bond donors (Lipinski definition) is 2. The normalized spacial score (nSPS) is 26.9. The molecule has 3 saturated heterocycles. The van der Waals surface area contributed by atoms with Crippen LogP contribution in [-0.2, 0) is 5.92 Å². The van der Waals surface area contributed by atoms with Crippen LogP contribution in [0.2, 0.25) is 0 Å². The van der Waals surface area contributed by atoms with Gasteiger partial charge in [0.1, 0.15) is 47.1 Å². The number of aryl methyl sites for hydroxylation is 1. The molecule has 0 bridgehead atoms. The number of nitrogens with one attached hydrogen (secondary N) is 1. The molecule has 8 nitrogen and oxygen atoms in total. The summed E-state index contributed by atoms with van der Waals surface area (Å²) in [5.74, 6) is -5.26. The minimum absolute atomic E-state index is 0.0182. The molecule has 13 heteroatoms. The number of fused-ring (bicyclic) bond motifs is 4. The number of pyridine rings is 1. The maximum Gasteiger partial charge on any atom is 0.319 e. The summed E-state index contributed by atoms with van der Waals surface area (Å²) in [6.07, 6.45) is 1.05. The van der Waals surface area contributed by atoms with E-state index in [2.05, 4.69) is 25.2 Å². The smallest absolute Gasteiger partial charge is 0.319 e. The van der Waals surface area contributed by atoms with E-state index in [-0.39, 0.29) is 58.7 Å². The average molecular weight is 655 g/mol. The van der Waals surface area contributed by atoms with Gasteiger partial charge in [-0.25, -0.2) is 18.2 Å². The van der Waals surface area contributed by atoms with Crippen molar-refractivity contribution >= 4 is 27.5 Å². The molecule has 2 N–H and O–H groups in total. The minimum atomic E-state index is -3.52. The van der Waals surface area contributed by atoms with E-state index in [0.29, 0.717) is 24.9 Å². The van der Waals surface area contributed by atoms with Crippen molar-refractivity contribution in [2.45, 2.75) is 75.7 Å². The second kappa shape index (κ2) is 10.8. The Morgan fingerprint density at radius 1 is 1.09 bits per heavy atom. The van der Waals surface area contributed by atoms with Crippen molar-refractivity contribution in [1.29, 1.82) is 0 Å². The monoisotopic (exact) mass is 654 g/mol. The average Bonchev–Trinajstić information content (AvgIpc) is 3.54. The van der Waals surface area contributed by atoms with Gasteiger partial charge in [0.15, 0.2) is 5.82 Å². The number of ether oxygens (including phenoxy) is 1. The van der Waals surface area contributed by atoms with Crippen LogP contribution in [0.5, 0.6) is 11.8 Å². The van der Waals surface area contributed by atoms with E-state index in [1.807, 2.05) is 6.92 Å². The number of hydrogen-bond acceptors (Lipinski definition) is 8. The summed E-state index contributed by atoms with van der Waals surface area (Å²) in [4.78, 5) is 17.2. The molecule has 4 aliphatic heterocycles. The Kier molecular flexibility index (Phi) is 7.03. The number of piperazine rings is 1. The Bertz CT molecular complexity index is 1930. The lowest BCUT2D eigenvalue weighted by atomic mass is 9.95. The Balaban J connectivity index is 1.36. The van der Waals surface area contributed by atoms with E-state index in [9.17, 15) is 13.9 Å². The molecule has 2 aromatic carbocycles. The first-order chi connectivity index (χ1) is 22.5. The SMILES string of the molecule is CC[C@@H]1CN2c3nc(OC[C@@]45CCCN4C[C@H](F)C5)nc4c(F)c(-c5cc(O)cc6ccc(F)c(C)c56)nc(c34)C(F)(F)C[C@@H]2CN1. The Morgan fingerprint density at radius 3 is 2.72 bits per heavy atom. The number of phenolic OH excluding ortho intramolecular Hbond substituents is 1. The van der Waals surface area contributed by atoms with Gasteiger partial charge in [0.2, 0.25) is 0 Å². The van der Waals surface area contributed by atoms with E-state index < -0.39 is 58.6 Å². The highest BCUT2D eigenvalue weighted by Crippen LogP contribution is 2.48. The first-order valence-electron chi connectivity index (χ1n) is 16.2. The van der Waals surface area contributed by atoms with Crippen molar-refractivity contribution in [3.05, 3.63) is 47.2 Å². The lowest BCUT2D eigenvalue weighted by Gasteiger charge is -2.41. The van der Waals surface area contributed by atoms with Gasteiger partial charge in [-0.15, -0.1) is 0 Å². The lowest BCUT2D eigenvalue weighted by Crippen LogP contribution is -2.57. The number of nitrogens with zero attached hydrogens (tertiary/aromatic N) is 5. The van der Waals surface area contributed by atoms with Crippen LogP contribution < -0.4 is 15.0 Å². The topological polar surface area (TPSA) is 86.6 Å². The van der Waals surface area contributed by atoms with Gasteiger partial charge in [0.05, 0.1) is 10.9 Å². The Labute approximate surface area is 267 Å². The van der Waals surface area contributed by atoms with Gasteiger partial charge < -0.3 is 20.1 Å². The highest BCUT2D eigenvalue weighted by molar-refractivity contribution is 6.02. The molecule has 8 rings (SSSR count). The summed E-state index contributed by atoms with van der Waals surface area (Å²) in [6.45, 7) is 5.22. The van der Waals surface area contributed by atoms with E-state index in [0.717, 1.165) is 25.8 Å². The first kappa shape index (κ1) is 30.5. The molecule has 0 saturated carbocycles. The second-order valence-electron chi connectivity index (χ2n) is 13.5. The molecular formula is C34H35F5N6O2. The zero-order valence-corrected chi connectivity index (χ0v) is 26.1. The number of rotatable bonds is 5. The second-order valence-corrected chi connectivity index (χ2v) is 13.5. The van der Waals surface area contributed by atoms with Crippen LogP contribution in [0.25, 0.3) is 32.9 Å². The summed E-state index contributed by atoms with van der Waals surface area (Å²) in [6, 6.07) is 4.35. The summed E-state index contributed by atoms with van der Waals surface area (Å²) in [5.41, 5.74) is -2.01. The van der Waals surface area contributed by atoms with Crippen LogP contribution in [0.15, 0.2) is 24.3 Å². The van der Waals surface area contributed by atoms with E-state index in [1.165, 1.54) is 31.2 Å². The quantitative estimate of drug-likeness (QED) is 0.248. The van der Waals surface area contributed by atoms with E-state index >= 15 is 13.2 Å². The maximum absolute atomic E-state index is 17.0. The molecule has 4 aromatic rings. The molecule has 47 heavy (non-hydrogen) atoms. The van der Waals surface area contributed by atoms with Crippen LogP contribution in [0.4, 0.5) is 27.8 Å². The fourth-order valence-corrected chi connectivity index (χ4v) is 8.26. The van der Waals surface area contributed by atoms with E-state index in [1.54, 1.807) is 4.90 Å². The molecule has 248 valence electrons. The largest absolute Gasteiger partial charge is 0.508 e. The molecule has 4 atom stereocenters. The third-order valence-electron chi connectivity index (χ3n) is 10.6. The van der Waals surface area contributed by atoms with Crippen molar-refractivity contribution in [2.24, 2.45) is 0 Å². The van der Waals surface area contributed by atoms with Gasteiger partial charge in [0.25, 0.3) is 5.92 Å². The van der Waals surface area contributed by atoms with Gasteiger partial charge in [-0.05, 0) is 67.3 Å². The predicted molar refractivity (Wildman–Crippen MR) is 167 cm³/mol. The van der Waals surface area contributed by atoms with Crippen molar-refractivity contribution < 1.29 is 31.8 Å². The zero-order valence-electron chi connectivity index (χ0n) is 26.1. The summed E-state index contributed by atoms with van der Waals surface area (Å²) >= 11 is 0. The van der Waals surface area contributed by atoms with Crippen LogP contribution in [0, 0.1) is 18.6 Å². The maximum atomic E-state index is 17.0. The van der Waals surface area contributed by atoms with E-state index in [4.69, 9.17) is 4.74 Å². The fraction of sp³-hybridized carbons (Fsp3) is 0.500. The van der Waals surface area contributed by atoms with Crippen LogP contribution in [-0.4, -0.2) is 81.5 Å². The first-order valence-corrected chi connectivity index (χ1v) is 16.2. The highest BCUT2D eigenvalue weighted by Gasteiger charge is 2.50. The van der Waals surface area contributed by atoms with Gasteiger partial charge >= 0.3 is 6.01 Å². The minimum Gasteiger partial charge on any atom is -0.508 e. The van der Waals surface area contributed by atoms with Gasteiger partial charge in [0, 0.05) is 50.1 Å². The van der Waals surface area contributed by atoms with Crippen LogP contribution in [0.3, 0.4) is 0 Å². The van der Waals surface area contributed by atoms with Crippen molar-refractivity contribution in [3.63, 3.8) is 0 Å². The molecule has 0 unspecified atom stereocenters. The van der Waals surface area contributed by atoms with Crippen molar-refractivity contribution in [2.75, 3.05) is 37.7 Å². The predicted octanol–water partition coefficient (Wildman–Crippen LogP) is 6.14. The molecule has 0 amide bonds. The van der Waals surface area contributed by atoms with Gasteiger partial charge in [-0.3, -0.25) is 4.90 Å². The summed E-state index contributed by atoms with van der Waals surface area (Å²) in [7, 11) is 0. The Hall–Kier alpha value is -3.84. The third kappa shape index (κ3) is 4.79. The molecule has 4 aliphatic rings. The molecule has 0 spiro atoms. The number of benzene rings is 2. The Morgan fingerprint density at radius 2 is 1.91 bits per heavy atom. The zero-order chi connectivity index (χ0) is 32.8. The molecule has 3 fully saturated rings. The number of anilines is 1. The molecule has 0 radical (unpaired) electrons. The highest BCUT2D eigenvalue weighted by atomic mass is 19.3. The van der Waals surface area contributed by atoms with Gasteiger partial charge in [-0.2, -0.15) is 18.7 Å². The van der Waals surface area contributed by atoms with Crippen LogP contribution in [0.1, 0.15) is 50.3 Å². The number of aromatic hydroxyl groups is 1. The van der Waals surface area contributed by atoms with Crippen molar-refractivity contribution in [1.82, 2.24) is 25.2 Å². The number of phenols is 1. The standard InChI is InChI=1S/C34H35F5N6O2/c1-3-20-15-45-21(13-40-20)12-34(38,39)30-26-29(42-32(43-31(26)45)47-16-33-7-4-8-44(33)14-19(35)11-33)27(37)28(41-30)23-10-22(46)9-18-5-6-24(36)17(2)25(18)23/h5-6,9-10,19-21,40,46H,3-4,7-8,11-16H2,1-2H3/t19-,20-,21-,33+/m1/s1. The molecule has 2 aromatic heterocycles. The third-order valence-corrected chi connectivity index (χ3v) is 10.6. The number of alkyl halides is 3. The molecular weight excluding hydrogens is 619 g/mol. The summed E-state index contributed by atoms with van der Waals surface area (Å²) < 4.78 is 85.3. The number of aromatic nitrogens is 3. The summed E-state index contributed by atoms with van der Waals surface area (Å²) in [5, 5.41) is 14.3. The fourth-order valence-electron chi connectivity index (χ4n) is 8.26. The van der Waals surface area contributed by atoms with Crippen LogP contribution >= 0.6 is 0 Å². The van der Waals surface area contributed by atoms with Gasteiger partial charge in [-0.1, -0.05) is 13.0 Å². The lowest BCUT2D eigenvalue weighted by molar-refractivity contribution is -0.0231. The number of halogens is 5. The molecule has 0 aliphatic carbocycles. The van der Waals surface area contributed by atoms with Crippen molar-refractivity contribution in [3.8, 4) is 23.0 Å². The molecule has 6 heterocycles.